The summed E-state index contributed by atoms with van der Waals surface area (Å²) in [5.74, 6) is -0.676. The van der Waals surface area contributed by atoms with E-state index in [9.17, 15) is 20.1 Å². The van der Waals surface area contributed by atoms with Crippen molar-refractivity contribution in [1.82, 2.24) is 0 Å². The fraction of sp³-hybridized carbons (Fsp3) is 0.875. The Hall–Kier alpha value is -0.730. The molecule has 0 radical (unpaired) electrons. The summed E-state index contributed by atoms with van der Waals surface area (Å²) >= 11 is 0. The van der Waals surface area contributed by atoms with E-state index in [2.05, 4.69) is 4.74 Å². The summed E-state index contributed by atoms with van der Waals surface area (Å²) in [7, 11) is 0. The van der Waals surface area contributed by atoms with Crippen molar-refractivity contribution in [2.45, 2.75) is 37.6 Å². The topological polar surface area (TPSA) is 116 Å². The summed E-state index contributed by atoms with van der Waals surface area (Å²) < 4.78 is 9.45. The van der Waals surface area contributed by atoms with Gasteiger partial charge in [-0.1, -0.05) is 0 Å². The second-order valence-electron chi connectivity index (χ2n) is 3.31. The zero-order chi connectivity index (χ0) is 11.6. The normalized spacial score (nSPS) is 37.7. The first kappa shape index (κ1) is 12.3. The van der Waals surface area contributed by atoms with E-state index < -0.39 is 43.3 Å². The second kappa shape index (κ2) is 4.86. The summed E-state index contributed by atoms with van der Waals surface area (Å²) in [5, 5.41) is 36.6. The third-order valence-corrected chi connectivity index (χ3v) is 2.11. The first-order valence-corrected chi connectivity index (χ1v) is 4.45. The van der Waals surface area contributed by atoms with Crippen LogP contribution in [0.5, 0.6) is 0 Å². The van der Waals surface area contributed by atoms with Crippen LogP contribution in [0.3, 0.4) is 0 Å². The van der Waals surface area contributed by atoms with Crippen molar-refractivity contribution in [3.63, 3.8) is 0 Å². The second-order valence-corrected chi connectivity index (χ2v) is 3.31. The first-order chi connectivity index (χ1) is 6.97. The Kier molecular flexibility index (Phi) is 4.00. The SMILES string of the molecule is CC(=O)O[C@H]1O[C@H]([C@@H](O)CO)[C@H](O)[C@H]1O. The molecule has 5 atom stereocenters. The average molecular weight is 222 g/mol. The van der Waals surface area contributed by atoms with Gasteiger partial charge in [0.25, 0.3) is 0 Å². The molecule has 0 aromatic rings. The number of hydrogen-bond donors (Lipinski definition) is 4. The molecule has 0 aliphatic carbocycles. The minimum absolute atomic E-state index is 0.624. The maximum atomic E-state index is 10.6. The third-order valence-electron chi connectivity index (χ3n) is 2.11. The first-order valence-electron chi connectivity index (χ1n) is 4.45. The van der Waals surface area contributed by atoms with E-state index in [-0.39, 0.29) is 0 Å². The number of esters is 1. The Morgan fingerprint density at radius 2 is 2.07 bits per heavy atom. The number of carbonyl (C=O) groups is 1. The van der Waals surface area contributed by atoms with E-state index in [0.29, 0.717) is 0 Å². The minimum atomic E-state index is -1.43. The highest BCUT2D eigenvalue weighted by Gasteiger charge is 2.47. The maximum Gasteiger partial charge on any atom is 0.305 e. The van der Waals surface area contributed by atoms with Gasteiger partial charge in [0.1, 0.15) is 24.4 Å². The van der Waals surface area contributed by atoms with Crippen LogP contribution in [0.2, 0.25) is 0 Å². The van der Waals surface area contributed by atoms with E-state index in [1.807, 2.05) is 0 Å². The van der Waals surface area contributed by atoms with Gasteiger partial charge < -0.3 is 29.9 Å². The van der Waals surface area contributed by atoms with Crippen LogP contribution in [0.15, 0.2) is 0 Å². The largest absolute Gasteiger partial charge is 0.433 e. The molecule has 1 fully saturated rings. The number of ether oxygens (including phenoxy) is 2. The number of hydrogen-bond acceptors (Lipinski definition) is 7. The summed E-state index contributed by atoms with van der Waals surface area (Å²) in [6.45, 7) is 0.500. The molecule has 7 nitrogen and oxygen atoms in total. The summed E-state index contributed by atoms with van der Waals surface area (Å²) in [6, 6.07) is 0. The summed E-state index contributed by atoms with van der Waals surface area (Å²) in [6.07, 6.45) is -6.66. The van der Waals surface area contributed by atoms with Crippen molar-refractivity contribution < 1.29 is 34.7 Å². The van der Waals surface area contributed by atoms with Crippen LogP contribution < -0.4 is 0 Å². The van der Waals surface area contributed by atoms with E-state index in [0.717, 1.165) is 6.92 Å². The molecule has 0 spiro atoms. The Morgan fingerprint density at radius 3 is 2.53 bits per heavy atom. The van der Waals surface area contributed by atoms with E-state index in [4.69, 9.17) is 9.84 Å². The smallest absolute Gasteiger partial charge is 0.305 e. The molecule has 1 heterocycles. The predicted octanol–water partition coefficient (Wildman–Crippen LogP) is -2.65. The highest BCUT2D eigenvalue weighted by Crippen LogP contribution is 2.24. The van der Waals surface area contributed by atoms with Gasteiger partial charge in [-0.05, 0) is 0 Å². The third kappa shape index (κ3) is 2.64. The lowest BCUT2D eigenvalue weighted by Gasteiger charge is -2.18. The quantitative estimate of drug-likeness (QED) is 0.385. The zero-order valence-corrected chi connectivity index (χ0v) is 8.11. The molecule has 0 bridgehead atoms. The van der Waals surface area contributed by atoms with Crippen molar-refractivity contribution in [3.8, 4) is 0 Å². The molecule has 4 N–H and O–H groups in total. The molecule has 1 aliphatic rings. The molecule has 15 heavy (non-hydrogen) atoms. The van der Waals surface area contributed by atoms with Gasteiger partial charge in [0.15, 0.2) is 0 Å². The monoisotopic (exact) mass is 222 g/mol. The molecule has 0 unspecified atom stereocenters. The van der Waals surface area contributed by atoms with Crippen molar-refractivity contribution in [1.29, 1.82) is 0 Å². The number of carbonyl (C=O) groups excluding carboxylic acids is 1. The van der Waals surface area contributed by atoms with Crippen molar-refractivity contribution in [2.75, 3.05) is 6.61 Å². The molecule has 88 valence electrons. The average Bonchev–Trinajstić information content (AvgIpc) is 2.44. The molecule has 0 amide bonds. The molecule has 1 aliphatic heterocycles. The van der Waals surface area contributed by atoms with Gasteiger partial charge in [-0.2, -0.15) is 0 Å². The summed E-state index contributed by atoms with van der Waals surface area (Å²) in [5.41, 5.74) is 0. The lowest BCUT2D eigenvalue weighted by atomic mass is 10.1. The van der Waals surface area contributed by atoms with Gasteiger partial charge in [-0.25, -0.2) is 0 Å². The van der Waals surface area contributed by atoms with E-state index in [1.165, 1.54) is 0 Å². The van der Waals surface area contributed by atoms with E-state index >= 15 is 0 Å². The highest BCUT2D eigenvalue weighted by atomic mass is 16.7. The fourth-order valence-corrected chi connectivity index (χ4v) is 1.35. The number of rotatable bonds is 3. The lowest BCUT2D eigenvalue weighted by Crippen LogP contribution is -2.40. The Morgan fingerprint density at radius 1 is 1.47 bits per heavy atom. The fourth-order valence-electron chi connectivity index (χ4n) is 1.35. The minimum Gasteiger partial charge on any atom is -0.433 e. The van der Waals surface area contributed by atoms with Gasteiger partial charge in [0, 0.05) is 6.92 Å². The molecular weight excluding hydrogens is 208 g/mol. The number of aliphatic hydroxyl groups excluding tert-OH is 4. The van der Waals surface area contributed by atoms with Crippen LogP contribution in [0.1, 0.15) is 6.92 Å². The molecule has 0 aromatic carbocycles. The lowest BCUT2D eigenvalue weighted by molar-refractivity contribution is -0.192. The maximum absolute atomic E-state index is 10.6. The molecule has 7 heteroatoms. The molecule has 1 rings (SSSR count). The van der Waals surface area contributed by atoms with E-state index in [1.54, 1.807) is 0 Å². The van der Waals surface area contributed by atoms with Crippen molar-refractivity contribution in [2.24, 2.45) is 0 Å². The van der Waals surface area contributed by atoms with Crippen LogP contribution in [0.25, 0.3) is 0 Å². The predicted molar refractivity (Wildman–Crippen MR) is 45.5 cm³/mol. The Labute approximate surface area is 85.9 Å². The molecule has 1 saturated heterocycles. The summed E-state index contributed by atoms with van der Waals surface area (Å²) in [4.78, 5) is 10.6. The van der Waals surface area contributed by atoms with Gasteiger partial charge in [0.2, 0.25) is 6.29 Å². The van der Waals surface area contributed by atoms with Gasteiger partial charge in [-0.15, -0.1) is 0 Å². The van der Waals surface area contributed by atoms with Gasteiger partial charge in [-0.3, -0.25) is 4.79 Å². The standard InChI is InChI=1S/C8H14O7/c1-3(10)14-8-6(13)5(12)7(15-8)4(11)2-9/h4-9,11-13H,2H2,1H3/t4-,5+,6+,7+,8-/m0/s1. The van der Waals surface area contributed by atoms with Gasteiger partial charge >= 0.3 is 5.97 Å². The van der Waals surface area contributed by atoms with Crippen LogP contribution in [-0.4, -0.2) is 63.7 Å². The van der Waals surface area contributed by atoms with Crippen LogP contribution in [0.4, 0.5) is 0 Å². The van der Waals surface area contributed by atoms with Crippen LogP contribution in [-0.2, 0) is 14.3 Å². The Bertz CT molecular complexity index is 231. The highest BCUT2D eigenvalue weighted by molar-refractivity contribution is 5.66. The van der Waals surface area contributed by atoms with Gasteiger partial charge in [0.05, 0.1) is 6.61 Å². The molecule has 0 saturated carbocycles. The van der Waals surface area contributed by atoms with Crippen LogP contribution >= 0.6 is 0 Å². The molecule has 0 aromatic heterocycles. The number of aliphatic hydroxyl groups is 4. The van der Waals surface area contributed by atoms with Crippen molar-refractivity contribution in [3.05, 3.63) is 0 Å². The van der Waals surface area contributed by atoms with Crippen LogP contribution in [0, 0.1) is 0 Å². The zero-order valence-electron chi connectivity index (χ0n) is 8.11. The molecular formula is C8H14O7. The Balaban J connectivity index is 2.62. The van der Waals surface area contributed by atoms with Crippen molar-refractivity contribution >= 4 is 5.97 Å².